The van der Waals surface area contributed by atoms with Crippen molar-refractivity contribution in [1.82, 2.24) is 4.98 Å². The Balaban J connectivity index is 1.99. The molecule has 0 unspecified atom stereocenters. The van der Waals surface area contributed by atoms with Crippen LogP contribution in [-0.4, -0.2) is 10.1 Å². The smallest absolute Gasteiger partial charge is 0.434 e. The standard InChI is InChI=1S/C14H14F3NO2S/c1-13(2,19)9-3-5-10(6-4-9)20-7-12-18-11(8-21-12)14(15,16)17/h3-6,8,19H,7H2,1-2H3. The van der Waals surface area contributed by atoms with Crippen LogP contribution in [0.25, 0.3) is 0 Å². The molecule has 0 fully saturated rings. The average Bonchev–Trinajstić information content (AvgIpc) is 2.84. The van der Waals surface area contributed by atoms with E-state index < -0.39 is 17.5 Å². The molecule has 3 nitrogen and oxygen atoms in total. The summed E-state index contributed by atoms with van der Waals surface area (Å²) in [7, 11) is 0. The van der Waals surface area contributed by atoms with Crippen LogP contribution in [0.1, 0.15) is 30.1 Å². The van der Waals surface area contributed by atoms with E-state index in [-0.39, 0.29) is 11.6 Å². The van der Waals surface area contributed by atoms with E-state index in [1.54, 1.807) is 38.1 Å². The third-order valence-electron chi connectivity index (χ3n) is 2.77. The summed E-state index contributed by atoms with van der Waals surface area (Å²) >= 11 is 0.907. The van der Waals surface area contributed by atoms with Gasteiger partial charge in [-0.3, -0.25) is 0 Å². The second-order valence-corrected chi connectivity index (χ2v) is 5.94. The molecule has 1 N–H and O–H groups in total. The first-order chi connectivity index (χ1) is 9.66. The van der Waals surface area contributed by atoms with Gasteiger partial charge in [-0.05, 0) is 31.5 Å². The van der Waals surface area contributed by atoms with Crippen LogP contribution in [-0.2, 0) is 18.4 Å². The van der Waals surface area contributed by atoms with E-state index >= 15 is 0 Å². The number of hydrogen-bond donors (Lipinski definition) is 1. The molecule has 0 bridgehead atoms. The van der Waals surface area contributed by atoms with E-state index in [4.69, 9.17) is 4.74 Å². The van der Waals surface area contributed by atoms with Crippen molar-refractivity contribution in [2.75, 3.05) is 0 Å². The van der Waals surface area contributed by atoms with E-state index in [0.717, 1.165) is 22.3 Å². The Labute approximate surface area is 124 Å². The second kappa shape index (κ2) is 5.65. The first-order valence-corrected chi connectivity index (χ1v) is 7.01. The highest BCUT2D eigenvalue weighted by atomic mass is 32.1. The van der Waals surface area contributed by atoms with Crippen molar-refractivity contribution in [3.63, 3.8) is 0 Å². The highest BCUT2D eigenvalue weighted by Gasteiger charge is 2.33. The number of ether oxygens (including phenoxy) is 1. The zero-order valence-corrected chi connectivity index (χ0v) is 12.3. The van der Waals surface area contributed by atoms with E-state index in [2.05, 4.69) is 4.98 Å². The summed E-state index contributed by atoms with van der Waals surface area (Å²) < 4.78 is 42.6. The minimum absolute atomic E-state index is 0.0252. The van der Waals surface area contributed by atoms with Crippen LogP contribution < -0.4 is 4.74 Å². The van der Waals surface area contributed by atoms with Crippen LogP contribution in [0.2, 0.25) is 0 Å². The number of thiazole rings is 1. The molecule has 0 amide bonds. The summed E-state index contributed by atoms with van der Waals surface area (Å²) in [5.41, 5.74) is -1.12. The zero-order chi connectivity index (χ0) is 15.7. The fraction of sp³-hybridized carbons (Fsp3) is 0.357. The van der Waals surface area contributed by atoms with Crippen LogP contribution in [0.5, 0.6) is 5.75 Å². The minimum atomic E-state index is -4.43. The molecule has 0 spiro atoms. The molecule has 114 valence electrons. The first kappa shape index (κ1) is 15.8. The van der Waals surface area contributed by atoms with Crippen LogP contribution in [0.3, 0.4) is 0 Å². The summed E-state index contributed by atoms with van der Waals surface area (Å²) in [5, 5.41) is 11.0. The molecule has 0 aliphatic carbocycles. The van der Waals surface area contributed by atoms with Gasteiger partial charge in [0.15, 0.2) is 5.69 Å². The Bertz CT molecular complexity index is 600. The third-order valence-corrected chi connectivity index (χ3v) is 3.59. The van der Waals surface area contributed by atoms with Gasteiger partial charge in [0.25, 0.3) is 0 Å². The van der Waals surface area contributed by atoms with Gasteiger partial charge >= 0.3 is 6.18 Å². The summed E-state index contributed by atoms with van der Waals surface area (Å²) in [6.45, 7) is 3.30. The molecule has 7 heteroatoms. The predicted molar refractivity (Wildman–Crippen MR) is 73.1 cm³/mol. The highest BCUT2D eigenvalue weighted by Crippen LogP contribution is 2.30. The lowest BCUT2D eigenvalue weighted by Gasteiger charge is -2.17. The maximum atomic E-state index is 12.4. The Morgan fingerprint density at radius 1 is 1.19 bits per heavy atom. The summed E-state index contributed by atoms with van der Waals surface area (Å²) in [6, 6.07) is 6.73. The molecule has 21 heavy (non-hydrogen) atoms. The van der Waals surface area contributed by atoms with Gasteiger partial charge in [0, 0.05) is 5.38 Å². The molecule has 2 aromatic rings. The van der Waals surface area contributed by atoms with Gasteiger partial charge in [-0.25, -0.2) is 4.98 Å². The van der Waals surface area contributed by atoms with Crippen LogP contribution in [0.15, 0.2) is 29.6 Å². The van der Waals surface area contributed by atoms with Crippen molar-refractivity contribution in [1.29, 1.82) is 0 Å². The van der Waals surface area contributed by atoms with Crippen molar-refractivity contribution in [3.8, 4) is 5.75 Å². The minimum Gasteiger partial charge on any atom is -0.486 e. The molecule has 0 aliphatic heterocycles. The molecule has 0 saturated heterocycles. The number of benzene rings is 1. The van der Waals surface area contributed by atoms with Gasteiger partial charge < -0.3 is 9.84 Å². The molecule has 0 saturated carbocycles. The van der Waals surface area contributed by atoms with Crippen LogP contribution in [0.4, 0.5) is 13.2 Å². The van der Waals surface area contributed by atoms with Gasteiger partial charge in [-0.15, -0.1) is 11.3 Å². The maximum absolute atomic E-state index is 12.4. The van der Waals surface area contributed by atoms with E-state index in [9.17, 15) is 18.3 Å². The highest BCUT2D eigenvalue weighted by molar-refractivity contribution is 7.09. The molecule has 2 rings (SSSR count). The van der Waals surface area contributed by atoms with Gasteiger partial charge in [-0.2, -0.15) is 13.2 Å². The van der Waals surface area contributed by atoms with Gasteiger partial charge in [-0.1, -0.05) is 12.1 Å². The van der Waals surface area contributed by atoms with Crippen molar-refractivity contribution in [3.05, 3.63) is 45.9 Å². The molecule has 0 atom stereocenters. The zero-order valence-electron chi connectivity index (χ0n) is 11.4. The monoisotopic (exact) mass is 317 g/mol. The number of aromatic nitrogens is 1. The largest absolute Gasteiger partial charge is 0.486 e. The number of nitrogens with zero attached hydrogens (tertiary/aromatic N) is 1. The van der Waals surface area contributed by atoms with Gasteiger partial charge in [0.05, 0.1) is 5.60 Å². The Hall–Kier alpha value is -1.60. The quantitative estimate of drug-likeness (QED) is 0.928. The Kier molecular flexibility index (Phi) is 4.25. The fourth-order valence-corrected chi connectivity index (χ4v) is 2.32. The maximum Gasteiger partial charge on any atom is 0.434 e. The topological polar surface area (TPSA) is 42.4 Å². The second-order valence-electron chi connectivity index (χ2n) is 5.00. The number of halogens is 3. The Morgan fingerprint density at radius 3 is 2.29 bits per heavy atom. The van der Waals surface area contributed by atoms with E-state index in [1.807, 2.05) is 0 Å². The molecule has 1 aromatic heterocycles. The Morgan fingerprint density at radius 2 is 1.81 bits per heavy atom. The van der Waals surface area contributed by atoms with E-state index in [1.165, 1.54) is 0 Å². The van der Waals surface area contributed by atoms with Crippen molar-refractivity contribution < 1.29 is 23.0 Å². The van der Waals surface area contributed by atoms with E-state index in [0.29, 0.717) is 5.75 Å². The number of hydrogen-bond acceptors (Lipinski definition) is 4. The predicted octanol–water partition coefficient (Wildman–Crippen LogP) is 3.97. The molecule has 1 heterocycles. The molecular weight excluding hydrogens is 303 g/mol. The third kappa shape index (κ3) is 4.18. The van der Waals surface area contributed by atoms with Crippen molar-refractivity contribution in [2.24, 2.45) is 0 Å². The normalized spacial score (nSPS) is 12.5. The van der Waals surface area contributed by atoms with Crippen LogP contribution >= 0.6 is 11.3 Å². The fourth-order valence-electron chi connectivity index (χ4n) is 1.61. The number of rotatable bonds is 4. The lowest BCUT2D eigenvalue weighted by Crippen LogP contribution is -2.14. The van der Waals surface area contributed by atoms with Gasteiger partial charge in [0.2, 0.25) is 0 Å². The first-order valence-electron chi connectivity index (χ1n) is 6.13. The van der Waals surface area contributed by atoms with Crippen molar-refractivity contribution in [2.45, 2.75) is 32.2 Å². The summed E-state index contributed by atoms with van der Waals surface area (Å²) in [5.74, 6) is 0.506. The number of aliphatic hydroxyl groups is 1. The molecule has 1 aromatic carbocycles. The number of alkyl halides is 3. The SMILES string of the molecule is CC(C)(O)c1ccc(OCc2nc(C(F)(F)F)cs2)cc1. The molecular formula is C14H14F3NO2S. The lowest BCUT2D eigenvalue weighted by molar-refractivity contribution is -0.140. The summed E-state index contributed by atoms with van der Waals surface area (Å²) in [4.78, 5) is 3.48. The van der Waals surface area contributed by atoms with Crippen LogP contribution in [0, 0.1) is 0 Å². The average molecular weight is 317 g/mol. The summed E-state index contributed by atoms with van der Waals surface area (Å²) in [6.07, 6.45) is -4.43. The lowest BCUT2D eigenvalue weighted by atomic mass is 9.99. The van der Waals surface area contributed by atoms with Gasteiger partial charge in [0.1, 0.15) is 17.4 Å². The molecule has 0 aliphatic rings. The molecule has 0 radical (unpaired) electrons. The van der Waals surface area contributed by atoms with Crippen molar-refractivity contribution >= 4 is 11.3 Å².